The number of rotatable bonds is 0. The van der Waals surface area contributed by atoms with Crippen LogP contribution in [-0.2, 0) is 0 Å². The summed E-state index contributed by atoms with van der Waals surface area (Å²) in [5.41, 5.74) is 0.443. The van der Waals surface area contributed by atoms with E-state index in [4.69, 9.17) is 23.2 Å². The minimum absolute atomic E-state index is 0.222. The van der Waals surface area contributed by atoms with Gasteiger partial charge < -0.3 is 0 Å². The molecule has 0 aliphatic carbocycles. The summed E-state index contributed by atoms with van der Waals surface area (Å²) in [4.78, 5) is 22.1. The van der Waals surface area contributed by atoms with Crippen molar-refractivity contribution in [1.82, 2.24) is 5.32 Å². The van der Waals surface area contributed by atoms with Gasteiger partial charge in [-0.25, -0.2) is 0 Å². The van der Waals surface area contributed by atoms with E-state index >= 15 is 0 Å². The fourth-order valence-electron chi connectivity index (χ4n) is 1.11. The number of nitrogens with zero attached hydrogens (tertiary/aromatic N) is 1. The molecule has 1 radical (unpaired) electrons. The molecule has 1 aliphatic rings. The highest BCUT2D eigenvalue weighted by molar-refractivity contribution is 6.43. The van der Waals surface area contributed by atoms with Crippen LogP contribution in [0.15, 0.2) is 12.1 Å². The Morgan fingerprint density at radius 2 is 1.31 bits per heavy atom. The van der Waals surface area contributed by atoms with Crippen LogP contribution in [0.3, 0.4) is 0 Å². The Morgan fingerprint density at radius 3 is 1.69 bits per heavy atom. The number of carbonyl (C=O) groups excluding carboxylic acids is 2. The Balaban J connectivity index is 2.72. The first-order valence-electron chi connectivity index (χ1n) is 3.39. The second kappa shape index (κ2) is 2.72. The number of benzene rings is 1. The average Bonchev–Trinajstić information content (AvgIpc) is 2.31. The van der Waals surface area contributed by atoms with E-state index in [0.717, 1.165) is 0 Å². The van der Waals surface area contributed by atoms with Gasteiger partial charge in [0.1, 0.15) is 0 Å². The highest BCUT2D eigenvalue weighted by Gasteiger charge is 2.29. The van der Waals surface area contributed by atoms with Crippen LogP contribution < -0.4 is 5.32 Å². The van der Waals surface area contributed by atoms with Gasteiger partial charge in [0.05, 0.1) is 21.2 Å². The molecule has 0 spiro atoms. The lowest BCUT2D eigenvalue weighted by Gasteiger charge is -1.97. The number of amides is 2. The molecular formula is C8H2Cl2NO2. The molecule has 65 valence electrons. The number of halogens is 2. The van der Waals surface area contributed by atoms with Crippen LogP contribution in [-0.4, -0.2) is 11.8 Å². The van der Waals surface area contributed by atoms with Crippen molar-refractivity contribution >= 4 is 35.0 Å². The monoisotopic (exact) mass is 214 g/mol. The van der Waals surface area contributed by atoms with E-state index in [1.165, 1.54) is 12.1 Å². The first-order valence-corrected chi connectivity index (χ1v) is 4.14. The smallest absolute Gasteiger partial charge is 0.267 e. The van der Waals surface area contributed by atoms with Gasteiger partial charge in [0.15, 0.2) is 0 Å². The summed E-state index contributed by atoms with van der Waals surface area (Å²) in [7, 11) is 0. The van der Waals surface area contributed by atoms with Gasteiger partial charge in [-0.2, -0.15) is 5.32 Å². The maximum atomic E-state index is 11.1. The third-order valence-electron chi connectivity index (χ3n) is 1.72. The summed E-state index contributed by atoms with van der Waals surface area (Å²) in [6.07, 6.45) is 0. The lowest BCUT2D eigenvalue weighted by Crippen LogP contribution is -2.10. The van der Waals surface area contributed by atoms with Crippen LogP contribution in [0, 0.1) is 0 Å². The molecule has 1 aliphatic heterocycles. The molecule has 0 aromatic heterocycles. The second-order valence-electron chi connectivity index (χ2n) is 2.53. The molecule has 0 bridgehead atoms. The molecule has 0 atom stereocenters. The Labute approximate surface area is 83.6 Å². The summed E-state index contributed by atoms with van der Waals surface area (Å²) < 4.78 is 0. The fraction of sp³-hybridized carbons (Fsp3) is 0. The van der Waals surface area contributed by atoms with Crippen LogP contribution in [0.5, 0.6) is 0 Å². The largest absolute Gasteiger partial charge is 0.281 e. The number of fused-ring (bicyclic) bond motifs is 1. The van der Waals surface area contributed by atoms with E-state index < -0.39 is 11.8 Å². The van der Waals surface area contributed by atoms with E-state index in [-0.39, 0.29) is 21.2 Å². The first kappa shape index (κ1) is 8.53. The molecule has 1 aromatic carbocycles. The quantitative estimate of drug-likeness (QED) is 0.620. The van der Waals surface area contributed by atoms with Gasteiger partial charge in [0, 0.05) is 0 Å². The van der Waals surface area contributed by atoms with Crippen LogP contribution in [0.25, 0.3) is 0 Å². The fourth-order valence-corrected chi connectivity index (χ4v) is 1.44. The molecule has 3 nitrogen and oxygen atoms in total. The normalized spacial score (nSPS) is 14.3. The molecule has 0 unspecified atom stereocenters. The number of imide groups is 1. The van der Waals surface area contributed by atoms with E-state index in [9.17, 15) is 9.59 Å². The molecule has 2 amide bonds. The summed E-state index contributed by atoms with van der Waals surface area (Å²) in [6.45, 7) is 0. The molecule has 13 heavy (non-hydrogen) atoms. The van der Waals surface area contributed by atoms with Gasteiger partial charge in [-0.05, 0) is 12.1 Å². The lowest BCUT2D eigenvalue weighted by molar-refractivity contribution is 0.0873. The van der Waals surface area contributed by atoms with Crippen molar-refractivity contribution in [2.24, 2.45) is 0 Å². The third kappa shape index (κ3) is 1.20. The zero-order chi connectivity index (χ0) is 9.59. The maximum absolute atomic E-state index is 11.1. The van der Waals surface area contributed by atoms with Gasteiger partial charge in [-0.3, -0.25) is 9.59 Å². The van der Waals surface area contributed by atoms with E-state index in [1.807, 2.05) is 0 Å². The van der Waals surface area contributed by atoms with Gasteiger partial charge >= 0.3 is 0 Å². The topological polar surface area (TPSA) is 48.2 Å². The first-order chi connectivity index (χ1) is 6.09. The minimum atomic E-state index is -0.557. The van der Waals surface area contributed by atoms with E-state index in [0.29, 0.717) is 0 Å². The predicted octanol–water partition coefficient (Wildman–Crippen LogP) is 1.89. The molecule has 1 aromatic rings. The van der Waals surface area contributed by atoms with Gasteiger partial charge in [-0.1, -0.05) is 23.2 Å². The van der Waals surface area contributed by atoms with Crippen molar-refractivity contribution in [2.75, 3.05) is 0 Å². The summed E-state index contributed by atoms with van der Waals surface area (Å²) in [5.74, 6) is -1.11. The van der Waals surface area contributed by atoms with Crippen molar-refractivity contribution in [2.45, 2.75) is 0 Å². The van der Waals surface area contributed by atoms with Crippen molar-refractivity contribution in [3.63, 3.8) is 0 Å². The molecule has 1 heterocycles. The molecule has 5 heteroatoms. The SMILES string of the molecule is O=C1[N]C(=O)c2cc(Cl)c(Cl)cc21. The van der Waals surface area contributed by atoms with E-state index in [2.05, 4.69) is 5.32 Å². The Bertz CT molecular complexity index is 389. The molecular weight excluding hydrogens is 213 g/mol. The number of carbonyl (C=O) groups is 2. The standard InChI is InChI=1S/C8H2Cl2NO2/c9-5-1-3-4(2-6(5)10)8(13)11-7(3)12/h1-2H. The molecule has 0 fully saturated rings. The molecule has 2 rings (SSSR count). The zero-order valence-corrected chi connectivity index (χ0v) is 7.69. The Morgan fingerprint density at radius 1 is 0.923 bits per heavy atom. The van der Waals surface area contributed by atoms with E-state index in [1.54, 1.807) is 0 Å². The van der Waals surface area contributed by atoms with Crippen LogP contribution in [0.4, 0.5) is 0 Å². The van der Waals surface area contributed by atoms with Crippen molar-refractivity contribution in [3.8, 4) is 0 Å². The third-order valence-corrected chi connectivity index (χ3v) is 2.45. The number of hydrogen-bond donors (Lipinski definition) is 0. The van der Waals surface area contributed by atoms with Crippen LogP contribution >= 0.6 is 23.2 Å². The molecule has 0 N–H and O–H groups in total. The Hall–Kier alpha value is -1.06. The van der Waals surface area contributed by atoms with Gasteiger partial charge in [-0.15, -0.1) is 0 Å². The average molecular weight is 215 g/mol. The zero-order valence-electron chi connectivity index (χ0n) is 6.17. The predicted molar refractivity (Wildman–Crippen MR) is 47.3 cm³/mol. The number of hydrogen-bond acceptors (Lipinski definition) is 2. The second-order valence-corrected chi connectivity index (χ2v) is 3.35. The lowest BCUT2D eigenvalue weighted by atomic mass is 10.1. The van der Waals surface area contributed by atoms with Crippen molar-refractivity contribution in [1.29, 1.82) is 0 Å². The van der Waals surface area contributed by atoms with Crippen LogP contribution in [0.1, 0.15) is 20.7 Å². The summed E-state index contributed by atoms with van der Waals surface area (Å²) >= 11 is 11.3. The Kier molecular flexibility index (Phi) is 1.78. The van der Waals surface area contributed by atoms with Crippen molar-refractivity contribution < 1.29 is 9.59 Å². The molecule has 0 saturated carbocycles. The summed E-state index contributed by atoms with van der Waals surface area (Å²) in [5, 5.41) is 3.74. The van der Waals surface area contributed by atoms with Crippen LogP contribution in [0.2, 0.25) is 10.0 Å². The minimum Gasteiger partial charge on any atom is -0.267 e. The summed E-state index contributed by atoms with van der Waals surface area (Å²) in [6, 6.07) is 2.71. The highest BCUT2D eigenvalue weighted by Crippen LogP contribution is 2.28. The van der Waals surface area contributed by atoms with Gasteiger partial charge in [0.25, 0.3) is 11.8 Å². The van der Waals surface area contributed by atoms with Gasteiger partial charge in [0.2, 0.25) is 0 Å². The maximum Gasteiger partial charge on any atom is 0.281 e. The molecule has 0 saturated heterocycles. The highest BCUT2D eigenvalue weighted by atomic mass is 35.5. The van der Waals surface area contributed by atoms with Crippen molar-refractivity contribution in [3.05, 3.63) is 33.3 Å².